The number of aryl methyl sites for hydroxylation is 1. The molecule has 0 N–H and O–H groups in total. The van der Waals surface area contributed by atoms with Crippen LogP contribution in [0, 0.1) is 0 Å². The number of hydrogen-bond donors (Lipinski definition) is 0. The van der Waals surface area contributed by atoms with E-state index < -0.39 is 21.8 Å². The Morgan fingerprint density at radius 2 is 1.84 bits per heavy atom. The van der Waals surface area contributed by atoms with E-state index in [0.29, 0.717) is 22.4 Å². The van der Waals surface area contributed by atoms with E-state index in [0.717, 1.165) is 17.5 Å². The zero-order valence-corrected chi connectivity index (χ0v) is 18.6. The molecule has 1 atom stereocenters. The van der Waals surface area contributed by atoms with Gasteiger partial charge in [-0.3, -0.25) is 9.59 Å². The first-order valence-electron chi connectivity index (χ1n) is 10.1. The molecule has 4 rings (SSSR count). The van der Waals surface area contributed by atoms with Gasteiger partial charge in [0, 0.05) is 23.7 Å². The molecule has 3 aromatic rings. The summed E-state index contributed by atoms with van der Waals surface area (Å²) in [5.74, 6) is -0.677. The Balaban J connectivity index is 1.72. The van der Waals surface area contributed by atoms with Crippen LogP contribution in [-0.4, -0.2) is 36.8 Å². The Bertz CT molecular complexity index is 1300. The predicted octanol–water partition coefficient (Wildman–Crippen LogP) is 3.84. The second-order valence-corrected chi connectivity index (χ2v) is 10.4. The van der Waals surface area contributed by atoms with Gasteiger partial charge in [-0.25, -0.2) is 8.42 Å². The van der Waals surface area contributed by atoms with E-state index in [-0.39, 0.29) is 29.2 Å². The van der Waals surface area contributed by atoms with Gasteiger partial charge < -0.3 is 9.32 Å². The van der Waals surface area contributed by atoms with E-state index in [1.807, 2.05) is 13.0 Å². The maximum absolute atomic E-state index is 13.4. The number of sulfone groups is 1. The lowest BCUT2D eigenvalue weighted by molar-refractivity contribution is 0.0648. The Morgan fingerprint density at radius 3 is 2.48 bits per heavy atom. The predicted molar refractivity (Wildman–Crippen MR) is 120 cm³/mol. The quantitative estimate of drug-likeness (QED) is 0.578. The molecule has 8 heteroatoms. The van der Waals surface area contributed by atoms with Crippen molar-refractivity contribution in [3.05, 3.63) is 80.7 Å². The lowest BCUT2D eigenvalue weighted by atomic mass is 10.1. The zero-order chi connectivity index (χ0) is 22.2. The summed E-state index contributed by atoms with van der Waals surface area (Å²) in [5, 5.41) is 0.987. The minimum atomic E-state index is -3.21. The minimum absolute atomic E-state index is 0.0313. The number of fused-ring (bicyclic) bond motifs is 1. The number of rotatable bonds is 5. The SMILES string of the molecule is CCc1ccc2oc(C(=O)N(Cc3ccc(Cl)cc3)C3CCS(=O)(=O)C3)cc(=O)c2c1. The maximum atomic E-state index is 13.4. The van der Waals surface area contributed by atoms with Crippen molar-refractivity contribution in [1.29, 1.82) is 0 Å². The van der Waals surface area contributed by atoms with E-state index in [4.69, 9.17) is 16.0 Å². The maximum Gasteiger partial charge on any atom is 0.290 e. The fraction of sp³-hybridized carbons (Fsp3) is 0.304. The van der Waals surface area contributed by atoms with Gasteiger partial charge in [0.1, 0.15) is 5.58 Å². The molecule has 162 valence electrons. The fourth-order valence-electron chi connectivity index (χ4n) is 3.84. The van der Waals surface area contributed by atoms with Crippen LogP contribution in [-0.2, 0) is 22.8 Å². The number of hydrogen-bond acceptors (Lipinski definition) is 5. The highest BCUT2D eigenvalue weighted by Crippen LogP contribution is 2.24. The molecule has 1 saturated heterocycles. The Morgan fingerprint density at radius 1 is 1.13 bits per heavy atom. The first-order chi connectivity index (χ1) is 14.8. The average molecular weight is 460 g/mol. The average Bonchev–Trinajstić information content (AvgIpc) is 3.12. The minimum Gasteiger partial charge on any atom is -0.451 e. The Hall–Kier alpha value is -2.64. The molecule has 6 nitrogen and oxygen atoms in total. The highest BCUT2D eigenvalue weighted by atomic mass is 35.5. The van der Waals surface area contributed by atoms with Gasteiger partial charge in [0.25, 0.3) is 5.91 Å². The summed E-state index contributed by atoms with van der Waals surface area (Å²) in [6.07, 6.45) is 1.13. The largest absolute Gasteiger partial charge is 0.451 e. The van der Waals surface area contributed by atoms with Crippen molar-refractivity contribution in [3.8, 4) is 0 Å². The number of nitrogens with zero attached hydrogens (tertiary/aromatic N) is 1. The highest BCUT2D eigenvalue weighted by Gasteiger charge is 2.36. The van der Waals surface area contributed by atoms with Gasteiger partial charge in [-0.1, -0.05) is 36.7 Å². The molecular formula is C23H22ClNO5S. The highest BCUT2D eigenvalue weighted by molar-refractivity contribution is 7.91. The monoisotopic (exact) mass is 459 g/mol. The summed E-state index contributed by atoms with van der Waals surface area (Å²) < 4.78 is 29.9. The van der Waals surface area contributed by atoms with Crippen LogP contribution in [0.2, 0.25) is 5.02 Å². The van der Waals surface area contributed by atoms with Crippen LogP contribution >= 0.6 is 11.6 Å². The van der Waals surface area contributed by atoms with Crippen molar-refractivity contribution in [2.24, 2.45) is 0 Å². The zero-order valence-electron chi connectivity index (χ0n) is 17.0. The van der Waals surface area contributed by atoms with E-state index in [1.54, 1.807) is 36.4 Å². The van der Waals surface area contributed by atoms with Crippen LogP contribution < -0.4 is 5.43 Å². The molecule has 2 heterocycles. The lowest BCUT2D eigenvalue weighted by Crippen LogP contribution is -2.40. The fourth-order valence-corrected chi connectivity index (χ4v) is 5.70. The number of benzene rings is 2. The number of carbonyl (C=O) groups excluding carboxylic acids is 1. The first-order valence-corrected chi connectivity index (χ1v) is 12.3. The van der Waals surface area contributed by atoms with Gasteiger partial charge in [-0.15, -0.1) is 0 Å². The molecule has 1 aliphatic heterocycles. The van der Waals surface area contributed by atoms with Crippen LogP contribution in [0.5, 0.6) is 0 Å². The summed E-state index contributed by atoms with van der Waals surface area (Å²) >= 11 is 5.96. The number of halogens is 1. The Kier molecular flexibility index (Phi) is 5.90. The molecule has 1 aromatic heterocycles. The summed E-state index contributed by atoms with van der Waals surface area (Å²) in [6.45, 7) is 2.18. The molecule has 1 unspecified atom stereocenters. The first kappa shape index (κ1) is 21.6. The van der Waals surface area contributed by atoms with Gasteiger partial charge in [0.05, 0.1) is 16.9 Å². The van der Waals surface area contributed by atoms with Crippen LogP contribution in [0.25, 0.3) is 11.0 Å². The molecular weight excluding hydrogens is 438 g/mol. The summed E-state index contributed by atoms with van der Waals surface area (Å²) in [6, 6.07) is 13.0. The summed E-state index contributed by atoms with van der Waals surface area (Å²) in [4.78, 5) is 27.6. The van der Waals surface area contributed by atoms with E-state index in [1.165, 1.54) is 11.0 Å². The van der Waals surface area contributed by atoms with Gasteiger partial charge in [-0.05, 0) is 48.2 Å². The van der Waals surface area contributed by atoms with Crippen molar-refractivity contribution in [1.82, 2.24) is 4.90 Å². The standard InChI is InChI=1S/C23H22ClNO5S/c1-2-15-5-8-21-19(11-15)20(26)12-22(30-21)23(27)25(18-9-10-31(28,29)14-18)13-16-3-6-17(24)7-4-16/h3-8,11-12,18H,2,9-10,13-14H2,1H3. The molecule has 2 aromatic carbocycles. The molecule has 1 aliphatic rings. The summed E-state index contributed by atoms with van der Waals surface area (Å²) in [5.41, 5.74) is 1.83. The van der Waals surface area contributed by atoms with Crippen molar-refractivity contribution in [3.63, 3.8) is 0 Å². The van der Waals surface area contributed by atoms with Gasteiger partial charge in [-0.2, -0.15) is 0 Å². The molecule has 0 spiro atoms. The van der Waals surface area contributed by atoms with Crippen LogP contribution in [0.4, 0.5) is 0 Å². The van der Waals surface area contributed by atoms with Crippen molar-refractivity contribution >= 4 is 38.3 Å². The second-order valence-electron chi connectivity index (χ2n) is 7.78. The van der Waals surface area contributed by atoms with E-state index in [9.17, 15) is 18.0 Å². The molecule has 1 fully saturated rings. The normalized spacial score (nSPS) is 17.7. The van der Waals surface area contributed by atoms with Gasteiger partial charge >= 0.3 is 0 Å². The van der Waals surface area contributed by atoms with Crippen LogP contribution in [0.3, 0.4) is 0 Å². The molecule has 0 bridgehead atoms. The Labute approximate surface area is 185 Å². The van der Waals surface area contributed by atoms with Crippen molar-refractivity contribution in [2.45, 2.75) is 32.4 Å². The van der Waals surface area contributed by atoms with Crippen LogP contribution in [0.15, 0.2) is 57.7 Å². The number of carbonyl (C=O) groups is 1. The summed E-state index contributed by atoms with van der Waals surface area (Å²) in [7, 11) is -3.21. The topological polar surface area (TPSA) is 84.7 Å². The van der Waals surface area contributed by atoms with Crippen molar-refractivity contribution < 1.29 is 17.6 Å². The molecule has 1 amide bonds. The third-order valence-electron chi connectivity index (χ3n) is 5.59. The molecule has 0 radical (unpaired) electrons. The van der Waals surface area contributed by atoms with Gasteiger partial charge in [0.2, 0.25) is 0 Å². The van der Waals surface area contributed by atoms with Crippen molar-refractivity contribution in [2.75, 3.05) is 11.5 Å². The third kappa shape index (κ3) is 4.67. The van der Waals surface area contributed by atoms with Gasteiger partial charge in [0.15, 0.2) is 21.0 Å². The molecule has 0 saturated carbocycles. The van der Waals surface area contributed by atoms with E-state index in [2.05, 4.69) is 0 Å². The van der Waals surface area contributed by atoms with Crippen LogP contribution in [0.1, 0.15) is 35.0 Å². The number of amides is 1. The smallest absolute Gasteiger partial charge is 0.290 e. The third-order valence-corrected chi connectivity index (χ3v) is 7.59. The molecule has 0 aliphatic carbocycles. The lowest BCUT2D eigenvalue weighted by Gasteiger charge is -2.28. The second kappa shape index (κ2) is 8.48. The molecule has 31 heavy (non-hydrogen) atoms. The van der Waals surface area contributed by atoms with E-state index >= 15 is 0 Å².